The van der Waals surface area contributed by atoms with Crippen molar-refractivity contribution in [3.8, 4) is 0 Å². The Labute approximate surface area is 92.9 Å². The van der Waals surface area contributed by atoms with Crippen molar-refractivity contribution in [1.29, 1.82) is 0 Å². The molecule has 0 saturated carbocycles. The van der Waals surface area contributed by atoms with Crippen molar-refractivity contribution in [2.24, 2.45) is 27.4 Å². The second kappa shape index (κ2) is 4.14. The van der Waals surface area contributed by atoms with E-state index in [4.69, 9.17) is 11.5 Å². The summed E-state index contributed by atoms with van der Waals surface area (Å²) < 4.78 is 0. The molecule has 5 heteroatoms. The molecule has 1 aromatic rings. The molecule has 0 spiro atoms. The Morgan fingerprint density at radius 2 is 1.81 bits per heavy atom. The summed E-state index contributed by atoms with van der Waals surface area (Å²) in [7, 11) is 0. The fraction of sp³-hybridized carbons (Fsp3) is 0.182. The number of hydrogen-bond acceptors (Lipinski definition) is 4. The molecule has 1 atom stereocenters. The standard InChI is InChI=1S/C11H12N4O/c12-9-8(10(16)15-11(13)14-9)6-7-4-2-1-3-5-7/h1-5,8H,6H2,(H4,12,13,14,15,16). The van der Waals surface area contributed by atoms with Crippen molar-refractivity contribution in [3.05, 3.63) is 35.9 Å². The summed E-state index contributed by atoms with van der Waals surface area (Å²) in [6.45, 7) is 0. The molecule has 1 heterocycles. The summed E-state index contributed by atoms with van der Waals surface area (Å²) in [4.78, 5) is 19.0. The van der Waals surface area contributed by atoms with Crippen molar-refractivity contribution in [3.63, 3.8) is 0 Å². The van der Waals surface area contributed by atoms with Crippen LogP contribution in [0.1, 0.15) is 5.56 Å². The van der Waals surface area contributed by atoms with Gasteiger partial charge in [0.05, 0.1) is 0 Å². The van der Waals surface area contributed by atoms with Crippen LogP contribution in [0.25, 0.3) is 0 Å². The largest absolute Gasteiger partial charge is 0.386 e. The predicted octanol–water partition coefficient (Wildman–Crippen LogP) is 0.0574. The molecule has 0 aromatic heterocycles. The number of nitrogens with zero attached hydrogens (tertiary/aromatic N) is 2. The first-order valence-electron chi connectivity index (χ1n) is 4.93. The van der Waals surface area contributed by atoms with Crippen molar-refractivity contribution in [2.45, 2.75) is 6.42 Å². The molecule has 16 heavy (non-hydrogen) atoms. The lowest BCUT2D eigenvalue weighted by Gasteiger charge is -2.16. The number of amidine groups is 1. The highest BCUT2D eigenvalue weighted by Gasteiger charge is 2.26. The van der Waals surface area contributed by atoms with E-state index in [1.54, 1.807) is 0 Å². The van der Waals surface area contributed by atoms with Gasteiger partial charge >= 0.3 is 0 Å². The highest BCUT2D eigenvalue weighted by molar-refractivity contribution is 6.14. The zero-order valence-electron chi connectivity index (χ0n) is 8.63. The second-order valence-electron chi connectivity index (χ2n) is 3.59. The number of carbonyl (C=O) groups is 1. The van der Waals surface area contributed by atoms with E-state index in [2.05, 4.69) is 9.98 Å². The van der Waals surface area contributed by atoms with Crippen LogP contribution in [0, 0.1) is 5.92 Å². The summed E-state index contributed by atoms with van der Waals surface area (Å²) >= 11 is 0. The molecular weight excluding hydrogens is 204 g/mol. The number of hydrogen-bond donors (Lipinski definition) is 2. The zero-order valence-corrected chi connectivity index (χ0v) is 8.63. The Hall–Kier alpha value is -2.17. The number of rotatable bonds is 2. The minimum absolute atomic E-state index is 0.0631. The molecule has 0 aliphatic carbocycles. The number of amides is 1. The number of nitrogens with two attached hydrogens (primary N) is 2. The quantitative estimate of drug-likeness (QED) is 0.731. The molecule has 0 saturated heterocycles. The van der Waals surface area contributed by atoms with Gasteiger partial charge in [-0.3, -0.25) is 4.79 Å². The Morgan fingerprint density at radius 3 is 2.44 bits per heavy atom. The summed E-state index contributed by atoms with van der Waals surface area (Å²) in [6, 6.07) is 9.60. The molecule has 4 N–H and O–H groups in total. The molecule has 1 aliphatic heterocycles. The van der Waals surface area contributed by atoms with Crippen molar-refractivity contribution in [2.75, 3.05) is 0 Å². The van der Waals surface area contributed by atoms with Crippen LogP contribution < -0.4 is 11.5 Å². The number of guanidine groups is 1. The van der Waals surface area contributed by atoms with Crippen molar-refractivity contribution >= 4 is 17.7 Å². The molecule has 1 aliphatic rings. The minimum Gasteiger partial charge on any atom is -0.386 e. The molecule has 0 fully saturated rings. The van der Waals surface area contributed by atoms with E-state index in [1.807, 2.05) is 30.3 Å². The molecule has 5 nitrogen and oxygen atoms in total. The van der Waals surface area contributed by atoms with Gasteiger partial charge in [0.1, 0.15) is 11.8 Å². The lowest BCUT2D eigenvalue weighted by atomic mass is 9.97. The van der Waals surface area contributed by atoms with Crippen LogP contribution in [0.5, 0.6) is 0 Å². The first kappa shape index (κ1) is 10.4. The van der Waals surface area contributed by atoms with E-state index in [1.165, 1.54) is 0 Å². The second-order valence-corrected chi connectivity index (χ2v) is 3.59. The van der Waals surface area contributed by atoms with Crippen LogP contribution in [0.15, 0.2) is 40.3 Å². The fourth-order valence-corrected chi connectivity index (χ4v) is 1.59. The molecule has 0 radical (unpaired) electrons. The Morgan fingerprint density at radius 1 is 1.12 bits per heavy atom. The highest BCUT2D eigenvalue weighted by atomic mass is 16.1. The zero-order chi connectivity index (χ0) is 11.5. The lowest BCUT2D eigenvalue weighted by molar-refractivity contribution is -0.119. The van der Waals surface area contributed by atoms with Gasteiger partial charge in [-0.05, 0) is 12.0 Å². The normalized spacial score (nSPS) is 20.2. The molecule has 1 unspecified atom stereocenters. The SMILES string of the molecule is NC1=NC(=O)C(Cc2ccccc2)C(N)=N1. The van der Waals surface area contributed by atoms with Gasteiger partial charge in [-0.1, -0.05) is 30.3 Å². The topological polar surface area (TPSA) is 93.8 Å². The molecule has 2 rings (SSSR count). The van der Waals surface area contributed by atoms with Crippen LogP contribution in [-0.2, 0) is 11.2 Å². The average Bonchev–Trinajstić information content (AvgIpc) is 2.25. The monoisotopic (exact) mass is 216 g/mol. The predicted molar refractivity (Wildman–Crippen MR) is 61.9 cm³/mol. The van der Waals surface area contributed by atoms with Gasteiger partial charge < -0.3 is 11.5 Å². The van der Waals surface area contributed by atoms with Crippen molar-refractivity contribution < 1.29 is 4.79 Å². The highest BCUT2D eigenvalue weighted by Crippen LogP contribution is 2.13. The van der Waals surface area contributed by atoms with Crippen LogP contribution in [0.2, 0.25) is 0 Å². The van der Waals surface area contributed by atoms with Crippen LogP contribution in [0.3, 0.4) is 0 Å². The Balaban J connectivity index is 2.18. The van der Waals surface area contributed by atoms with Crippen molar-refractivity contribution in [1.82, 2.24) is 0 Å². The smallest absolute Gasteiger partial charge is 0.259 e. The maximum atomic E-state index is 11.6. The Kier molecular flexibility index (Phi) is 2.68. The summed E-state index contributed by atoms with van der Waals surface area (Å²) in [6.07, 6.45) is 0.506. The first-order chi connectivity index (χ1) is 7.66. The number of carbonyl (C=O) groups excluding carboxylic acids is 1. The van der Waals surface area contributed by atoms with Gasteiger partial charge in [-0.2, -0.15) is 9.98 Å². The van der Waals surface area contributed by atoms with E-state index in [-0.39, 0.29) is 17.7 Å². The third kappa shape index (κ3) is 2.08. The van der Waals surface area contributed by atoms with Crippen LogP contribution in [0.4, 0.5) is 0 Å². The van der Waals surface area contributed by atoms with Gasteiger partial charge in [-0.15, -0.1) is 0 Å². The minimum atomic E-state index is -0.491. The molecule has 82 valence electrons. The van der Waals surface area contributed by atoms with Crippen LogP contribution in [-0.4, -0.2) is 17.7 Å². The molecular formula is C11H12N4O. The third-order valence-corrected chi connectivity index (χ3v) is 2.41. The third-order valence-electron chi connectivity index (χ3n) is 2.41. The van der Waals surface area contributed by atoms with Gasteiger partial charge in [-0.25, -0.2) is 0 Å². The number of aliphatic imine (C=N–C) groups is 2. The van der Waals surface area contributed by atoms with E-state index < -0.39 is 5.92 Å². The lowest BCUT2D eigenvalue weighted by Crippen LogP contribution is -2.37. The van der Waals surface area contributed by atoms with Gasteiger partial charge in [0.25, 0.3) is 5.91 Å². The summed E-state index contributed by atoms with van der Waals surface area (Å²) in [5.74, 6) is -0.642. The fourth-order valence-electron chi connectivity index (χ4n) is 1.59. The van der Waals surface area contributed by atoms with E-state index in [0.717, 1.165) is 5.56 Å². The molecule has 0 bridgehead atoms. The molecule has 1 amide bonds. The van der Waals surface area contributed by atoms with E-state index in [0.29, 0.717) is 6.42 Å². The summed E-state index contributed by atoms with van der Waals surface area (Å²) in [5, 5.41) is 0. The Bertz CT molecular complexity index is 464. The molecule has 1 aromatic carbocycles. The van der Waals surface area contributed by atoms with E-state index >= 15 is 0 Å². The van der Waals surface area contributed by atoms with Gasteiger partial charge in [0, 0.05) is 0 Å². The summed E-state index contributed by atoms with van der Waals surface area (Å²) in [5.41, 5.74) is 12.0. The van der Waals surface area contributed by atoms with Crippen LogP contribution >= 0.6 is 0 Å². The first-order valence-corrected chi connectivity index (χ1v) is 4.93. The average molecular weight is 216 g/mol. The maximum Gasteiger partial charge on any atom is 0.259 e. The maximum absolute atomic E-state index is 11.6. The van der Waals surface area contributed by atoms with E-state index in [9.17, 15) is 4.79 Å². The number of benzene rings is 1. The van der Waals surface area contributed by atoms with Gasteiger partial charge in [0.2, 0.25) is 5.96 Å². The van der Waals surface area contributed by atoms with Gasteiger partial charge in [0.15, 0.2) is 0 Å².